The summed E-state index contributed by atoms with van der Waals surface area (Å²) >= 11 is 2.97. The van der Waals surface area contributed by atoms with Gasteiger partial charge in [0.1, 0.15) is 0 Å². The maximum atomic E-state index is 12.6. The van der Waals surface area contributed by atoms with E-state index >= 15 is 0 Å². The summed E-state index contributed by atoms with van der Waals surface area (Å²) in [6.07, 6.45) is 0. The van der Waals surface area contributed by atoms with Gasteiger partial charge in [-0.2, -0.15) is 4.31 Å². The van der Waals surface area contributed by atoms with Crippen LogP contribution in [0.15, 0.2) is 21.9 Å². The zero-order chi connectivity index (χ0) is 14.8. The van der Waals surface area contributed by atoms with Crippen LogP contribution in [0.2, 0.25) is 0 Å². The first-order valence-electron chi connectivity index (χ1n) is 6.02. The van der Waals surface area contributed by atoms with Crippen molar-refractivity contribution in [2.75, 3.05) is 14.1 Å². The molecule has 2 aromatic rings. The van der Waals surface area contributed by atoms with E-state index in [1.54, 1.807) is 18.6 Å². The highest BCUT2D eigenvalue weighted by atomic mass is 32.2. The van der Waals surface area contributed by atoms with Crippen molar-refractivity contribution in [3.63, 3.8) is 0 Å². The first kappa shape index (κ1) is 15.6. The third-order valence-electron chi connectivity index (χ3n) is 2.83. The molecular weight excluding hydrogens is 314 g/mol. The maximum Gasteiger partial charge on any atom is 0.244 e. The molecule has 0 bridgehead atoms. The molecule has 0 saturated carbocycles. The Morgan fingerprint density at radius 1 is 1.45 bits per heavy atom. The first-order chi connectivity index (χ1) is 9.45. The van der Waals surface area contributed by atoms with Gasteiger partial charge in [-0.1, -0.05) is 0 Å². The molecule has 0 atom stereocenters. The van der Waals surface area contributed by atoms with Gasteiger partial charge < -0.3 is 5.32 Å². The molecule has 0 fully saturated rings. The highest BCUT2D eigenvalue weighted by Crippen LogP contribution is 2.28. The third-order valence-corrected chi connectivity index (χ3v) is 6.58. The lowest BCUT2D eigenvalue weighted by molar-refractivity contribution is 0.463. The average molecular weight is 331 g/mol. The van der Waals surface area contributed by atoms with E-state index in [0.29, 0.717) is 18.0 Å². The summed E-state index contributed by atoms with van der Waals surface area (Å²) < 4.78 is 26.5. The highest BCUT2D eigenvalue weighted by molar-refractivity contribution is 7.89. The number of nitrogens with one attached hydrogen (secondary N) is 1. The summed E-state index contributed by atoms with van der Waals surface area (Å²) in [6, 6.07) is 1.75. The fourth-order valence-electron chi connectivity index (χ4n) is 1.84. The Hall–Kier alpha value is -0.800. The van der Waals surface area contributed by atoms with E-state index in [4.69, 9.17) is 0 Å². The second-order valence-electron chi connectivity index (χ2n) is 4.40. The van der Waals surface area contributed by atoms with Crippen LogP contribution in [0.25, 0.3) is 0 Å². The third kappa shape index (κ3) is 3.26. The number of hydrogen-bond donors (Lipinski definition) is 1. The summed E-state index contributed by atoms with van der Waals surface area (Å²) in [6.45, 7) is 2.81. The summed E-state index contributed by atoms with van der Waals surface area (Å²) in [5.74, 6) is 0. The van der Waals surface area contributed by atoms with Crippen LogP contribution in [0.5, 0.6) is 0 Å². The highest BCUT2D eigenvalue weighted by Gasteiger charge is 2.25. The maximum absolute atomic E-state index is 12.6. The Morgan fingerprint density at radius 2 is 2.20 bits per heavy atom. The van der Waals surface area contributed by atoms with E-state index in [-0.39, 0.29) is 0 Å². The molecule has 0 radical (unpaired) electrons. The smallest absolute Gasteiger partial charge is 0.244 e. The Labute approximate surface area is 127 Å². The van der Waals surface area contributed by atoms with Crippen LogP contribution in [0.3, 0.4) is 0 Å². The van der Waals surface area contributed by atoms with E-state index in [1.807, 2.05) is 19.4 Å². The summed E-state index contributed by atoms with van der Waals surface area (Å²) in [5.41, 5.74) is 2.47. The van der Waals surface area contributed by atoms with Gasteiger partial charge in [-0.05, 0) is 20.0 Å². The number of sulfonamides is 1. The molecule has 2 heterocycles. The van der Waals surface area contributed by atoms with Crippen LogP contribution < -0.4 is 5.32 Å². The Balaban J connectivity index is 2.25. The summed E-state index contributed by atoms with van der Waals surface area (Å²) in [7, 11) is -0.0310. The molecule has 0 saturated heterocycles. The number of hydrogen-bond acceptors (Lipinski definition) is 6. The zero-order valence-corrected chi connectivity index (χ0v) is 14.0. The van der Waals surface area contributed by atoms with Gasteiger partial charge in [0, 0.05) is 28.7 Å². The minimum atomic E-state index is -3.46. The Kier molecular flexibility index (Phi) is 4.92. The topological polar surface area (TPSA) is 62.3 Å². The summed E-state index contributed by atoms with van der Waals surface area (Å²) in [4.78, 5) is 6.36. The molecule has 0 amide bonds. The van der Waals surface area contributed by atoms with Crippen LogP contribution in [-0.4, -0.2) is 31.8 Å². The van der Waals surface area contributed by atoms with E-state index in [0.717, 1.165) is 15.4 Å². The molecule has 5 nitrogen and oxygen atoms in total. The molecule has 2 aromatic heterocycles. The lowest BCUT2D eigenvalue weighted by Gasteiger charge is -2.15. The van der Waals surface area contributed by atoms with Gasteiger partial charge >= 0.3 is 0 Å². The number of nitrogens with zero attached hydrogens (tertiary/aromatic N) is 2. The molecule has 0 aliphatic rings. The van der Waals surface area contributed by atoms with Gasteiger partial charge in [0.25, 0.3) is 0 Å². The normalized spacial score (nSPS) is 12.2. The molecular formula is C12H17N3O2S3. The quantitative estimate of drug-likeness (QED) is 0.880. The lowest BCUT2D eigenvalue weighted by atomic mass is 10.4. The predicted molar refractivity (Wildman–Crippen MR) is 82.6 cm³/mol. The van der Waals surface area contributed by atoms with Crippen LogP contribution >= 0.6 is 22.7 Å². The second-order valence-corrected chi connectivity index (χ2v) is 8.48. The van der Waals surface area contributed by atoms with Crippen molar-refractivity contribution in [3.8, 4) is 0 Å². The number of thiophene rings is 1. The number of rotatable bonds is 6. The van der Waals surface area contributed by atoms with Crippen molar-refractivity contribution in [1.29, 1.82) is 0 Å². The molecule has 0 unspecified atom stereocenters. The van der Waals surface area contributed by atoms with Crippen molar-refractivity contribution in [2.45, 2.75) is 24.9 Å². The minimum Gasteiger partial charge on any atom is -0.315 e. The largest absolute Gasteiger partial charge is 0.315 e. The van der Waals surface area contributed by atoms with Crippen LogP contribution in [0, 0.1) is 6.92 Å². The predicted octanol–water partition coefficient (Wildman–Crippen LogP) is 2.05. The van der Waals surface area contributed by atoms with Crippen molar-refractivity contribution < 1.29 is 8.42 Å². The van der Waals surface area contributed by atoms with Gasteiger partial charge in [0.15, 0.2) is 0 Å². The number of aryl methyl sites for hydroxylation is 1. The van der Waals surface area contributed by atoms with Gasteiger partial charge in [0.2, 0.25) is 10.0 Å². The number of thiazole rings is 1. The van der Waals surface area contributed by atoms with E-state index < -0.39 is 10.0 Å². The van der Waals surface area contributed by atoms with Crippen molar-refractivity contribution in [3.05, 3.63) is 32.4 Å². The van der Waals surface area contributed by atoms with Crippen LogP contribution in [-0.2, 0) is 23.1 Å². The summed E-state index contributed by atoms with van der Waals surface area (Å²) in [5, 5.41) is 4.89. The standard InChI is InChI=1S/C12H17N3O2S3/c1-9-12(4-11(19-9)5-13-2)20(16,17)15(3)6-10-7-18-8-14-10/h4,7-8,13H,5-6H2,1-3H3. The minimum absolute atomic E-state index is 0.294. The molecule has 0 aliphatic carbocycles. The zero-order valence-electron chi connectivity index (χ0n) is 11.6. The molecule has 0 spiro atoms. The molecule has 110 valence electrons. The van der Waals surface area contributed by atoms with Gasteiger partial charge in [-0.25, -0.2) is 13.4 Å². The molecule has 1 N–H and O–H groups in total. The molecule has 20 heavy (non-hydrogen) atoms. The molecule has 2 rings (SSSR count). The SMILES string of the molecule is CNCc1cc(S(=O)(=O)N(C)Cc2cscn2)c(C)s1. The Bertz CT molecular complexity index is 662. The van der Waals surface area contributed by atoms with Crippen molar-refractivity contribution >= 4 is 32.7 Å². The van der Waals surface area contributed by atoms with E-state index in [1.165, 1.54) is 27.0 Å². The fraction of sp³-hybridized carbons (Fsp3) is 0.417. The van der Waals surface area contributed by atoms with Gasteiger partial charge in [0.05, 0.1) is 22.6 Å². The Morgan fingerprint density at radius 3 is 2.80 bits per heavy atom. The van der Waals surface area contributed by atoms with Crippen molar-refractivity contribution in [2.24, 2.45) is 0 Å². The van der Waals surface area contributed by atoms with Gasteiger partial charge in [-0.15, -0.1) is 22.7 Å². The van der Waals surface area contributed by atoms with E-state index in [9.17, 15) is 8.42 Å². The fourth-order valence-corrected chi connectivity index (χ4v) is 5.14. The molecule has 0 aliphatic heterocycles. The lowest BCUT2D eigenvalue weighted by Crippen LogP contribution is -2.26. The van der Waals surface area contributed by atoms with Crippen LogP contribution in [0.4, 0.5) is 0 Å². The van der Waals surface area contributed by atoms with Crippen LogP contribution in [0.1, 0.15) is 15.4 Å². The molecule has 0 aromatic carbocycles. The monoisotopic (exact) mass is 331 g/mol. The van der Waals surface area contributed by atoms with E-state index in [2.05, 4.69) is 10.3 Å². The second kappa shape index (κ2) is 6.31. The molecule has 8 heteroatoms. The average Bonchev–Trinajstić information content (AvgIpc) is 2.99. The first-order valence-corrected chi connectivity index (χ1v) is 9.22. The number of aromatic nitrogens is 1. The van der Waals surface area contributed by atoms with Crippen molar-refractivity contribution in [1.82, 2.24) is 14.6 Å². The van der Waals surface area contributed by atoms with Gasteiger partial charge in [-0.3, -0.25) is 0 Å².